The zero-order chi connectivity index (χ0) is 24.0. The van der Waals surface area contributed by atoms with Gasteiger partial charge in [-0.15, -0.1) is 11.3 Å². The molecule has 35 heavy (non-hydrogen) atoms. The number of aromatic nitrogens is 1. The van der Waals surface area contributed by atoms with Gasteiger partial charge in [0.1, 0.15) is 6.04 Å². The van der Waals surface area contributed by atoms with Gasteiger partial charge in [0.2, 0.25) is 5.91 Å². The Morgan fingerprint density at radius 3 is 2.26 bits per heavy atom. The highest BCUT2D eigenvalue weighted by molar-refractivity contribution is 7.14. The molecule has 1 atom stereocenters. The first-order valence-corrected chi connectivity index (χ1v) is 12.2. The summed E-state index contributed by atoms with van der Waals surface area (Å²) in [4.78, 5) is 30.7. The fourth-order valence-corrected chi connectivity index (χ4v) is 4.62. The minimum atomic E-state index is -0.752. The third kappa shape index (κ3) is 5.45. The zero-order valence-corrected chi connectivity index (χ0v) is 19.7. The minimum Gasteiger partial charge on any atom is -0.340 e. The van der Waals surface area contributed by atoms with Crippen LogP contribution in [-0.2, 0) is 11.2 Å². The Balaban J connectivity index is 1.34. The Morgan fingerprint density at radius 1 is 0.800 bits per heavy atom. The Kier molecular flexibility index (Phi) is 6.63. The highest BCUT2D eigenvalue weighted by atomic mass is 32.1. The normalized spacial score (nSPS) is 11.7. The molecule has 0 aliphatic carbocycles. The first-order chi connectivity index (χ1) is 17.2. The lowest BCUT2D eigenvalue weighted by atomic mass is 10.0. The summed E-state index contributed by atoms with van der Waals surface area (Å²) in [6.07, 6.45) is 0.369. The number of hydrogen-bond acceptors (Lipinski definition) is 4. The summed E-state index contributed by atoms with van der Waals surface area (Å²) in [5.41, 5.74) is 3.24. The molecule has 5 rings (SSSR count). The van der Waals surface area contributed by atoms with Crippen molar-refractivity contribution in [3.05, 3.63) is 120 Å². The molecule has 1 aromatic heterocycles. The lowest BCUT2D eigenvalue weighted by molar-refractivity contribution is -0.118. The van der Waals surface area contributed by atoms with Gasteiger partial charge in [0.05, 0.1) is 5.69 Å². The van der Waals surface area contributed by atoms with Crippen LogP contribution in [0.1, 0.15) is 15.9 Å². The molecule has 172 valence electrons. The van der Waals surface area contributed by atoms with Gasteiger partial charge < -0.3 is 10.6 Å². The Bertz CT molecular complexity index is 1470. The van der Waals surface area contributed by atoms with Crippen molar-refractivity contribution in [1.82, 2.24) is 10.3 Å². The fourth-order valence-electron chi connectivity index (χ4n) is 3.90. The largest absolute Gasteiger partial charge is 0.340 e. The third-order valence-corrected chi connectivity index (χ3v) is 6.48. The highest BCUT2D eigenvalue weighted by Gasteiger charge is 2.23. The van der Waals surface area contributed by atoms with Crippen LogP contribution in [0.2, 0.25) is 0 Å². The van der Waals surface area contributed by atoms with Gasteiger partial charge in [-0.05, 0) is 34.5 Å². The van der Waals surface area contributed by atoms with E-state index >= 15 is 0 Å². The first-order valence-electron chi connectivity index (χ1n) is 11.3. The summed E-state index contributed by atoms with van der Waals surface area (Å²) in [6.45, 7) is 0. The summed E-state index contributed by atoms with van der Waals surface area (Å²) in [5.74, 6) is -0.602. The van der Waals surface area contributed by atoms with E-state index < -0.39 is 6.04 Å². The molecule has 2 N–H and O–H groups in total. The molecule has 0 aliphatic heterocycles. The van der Waals surface area contributed by atoms with Gasteiger partial charge in [-0.25, -0.2) is 4.98 Å². The van der Waals surface area contributed by atoms with Gasteiger partial charge >= 0.3 is 0 Å². The molecule has 5 aromatic rings. The van der Waals surface area contributed by atoms with Gasteiger partial charge in [0.15, 0.2) is 5.13 Å². The van der Waals surface area contributed by atoms with E-state index in [1.165, 1.54) is 11.3 Å². The van der Waals surface area contributed by atoms with Crippen molar-refractivity contribution < 1.29 is 9.59 Å². The predicted octanol–water partition coefficient (Wildman–Crippen LogP) is 5.94. The Morgan fingerprint density at radius 2 is 1.49 bits per heavy atom. The molecule has 0 spiro atoms. The lowest BCUT2D eigenvalue weighted by Crippen LogP contribution is -2.45. The molecular weight excluding hydrogens is 454 g/mol. The highest BCUT2D eigenvalue weighted by Crippen LogP contribution is 2.28. The predicted molar refractivity (Wildman–Crippen MR) is 142 cm³/mol. The molecule has 0 bridgehead atoms. The number of nitrogens with one attached hydrogen (secondary N) is 2. The third-order valence-electron chi connectivity index (χ3n) is 5.72. The number of anilines is 1. The number of fused-ring (bicyclic) bond motifs is 1. The molecule has 0 saturated carbocycles. The van der Waals surface area contributed by atoms with Crippen LogP contribution in [-0.4, -0.2) is 22.8 Å². The van der Waals surface area contributed by atoms with Crippen LogP contribution in [0.4, 0.5) is 5.13 Å². The Hall–Kier alpha value is -4.29. The molecule has 1 unspecified atom stereocenters. The first kappa shape index (κ1) is 22.5. The van der Waals surface area contributed by atoms with E-state index in [1.54, 1.807) is 24.3 Å². The number of amides is 2. The van der Waals surface area contributed by atoms with E-state index in [2.05, 4.69) is 39.9 Å². The van der Waals surface area contributed by atoms with Crippen molar-refractivity contribution in [2.45, 2.75) is 12.5 Å². The molecule has 4 aromatic carbocycles. The lowest BCUT2D eigenvalue weighted by Gasteiger charge is -2.18. The second kappa shape index (κ2) is 10.3. The topological polar surface area (TPSA) is 71.1 Å². The van der Waals surface area contributed by atoms with Crippen molar-refractivity contribution in [3.63, 3.8) is 0 Å². The summed E-state index contributed by atoms with van der Waals surface area (Å²) in [7, 11) is 0. The molecule has 6 heteroatoms. The maximum absolute atomic E-state index is 13.2. The van der Waals surface area contributed by atoms with Crippen LogP contribution >= 0.6 is 11.3 Å². The van der Waals surface area contributed by atoms with Crippen molar-refractivity contribution >= 4 is 39.1 Å². The fraction of sp³-hybridized carbons (Fsp3) is 0.0690. The number of carbonyl (C=O) groups is 2. The molecule has 0 fully saturated rings. The van der Waals surface area contributed by atoms with E-state index in [0.717, 1.165) is 27.6 Å². The summed E-state index contributed by atoms with van der Waals surface area (Å²) in [6, 6.07) is 32.1. The van der Waals surface area contributed by atoms with Crippen molar-refractivity contribution in [3.8, 4) is 11.3 Å². The number of rotatable bonds is 7. The molecule has 0 radical (unpaired) electrons. The van der Waals surface area contributed by atoms with Crippen LogP contribution < -0.4 is 10.6 Å². The molecule has 0 aliphatic rings. The quantitative estimate of drug-likeness (QED) is 0.305. The SMILES string of the molecule is O=C(NC(Cc1ccccc1)C(=O)Nc1nc(-c2ccc3ccccc3c2)cs1)c1ccccc1. The number of hydrogen-bond donors (Lipinski definition) is 2. The Labute approximate surface area is 207 Å². The second-order valence-corrected chi connectivity index (χ2v) is 9.03. The monoisotopic (exact) mass is 477 g/mol. The van der Waals surface area contributed by atoms with E-state index in [9.17, 15) is 9.59 Å². The minimum absolute atomic E-state index is 0.294. The van der Waals surface area contributed by atoms with Crippen LogP contribution in [0, 0.1) is 0 Å². The number of benzene rings is 4. The average Bonchev–Trinajstić information content (AvgIpc) is 3.37. The van der Waals surface area contributed by atoms with E-state index in [4.69, 9.17) is 0 Å². The number of carbonyl (C=O) groups excluding carboxylic acids is 2. The molecule has 0 saturated heterocycles. The maximum atomic E-state index is 13.2. The van der Waals surface area contributed by atoms with Crippen LogP contribution in [0.15, 0.2) is 109 Å². The van der Waals surface area contributed by atoms with Crippen LogP contribution in [0.3, 0.4) is 0 Å². The standard InChI is InChI=1S/C29H23N3O2S/c33-27(22-12-5-2-6-13-22)30-25(17-20-9-3-1-4-10-20)28(34)32-29-31-26(19-35-29)24-16-15-21-11-7-8-14-23(21)18-24/h1-16,18-19,25H,17H2,(H,30,33)(H,31,32,34). The van der Waals surface area contributed by atoms with Crippen molar-refractivity contribution in [2.75, 3.05) is 5.32 Å². The summed E-state index contributed by atoms with van der Waals surface area (Å²) >= 11 is 1.36. The second-order valence-electron chi connectivity index (χ2n) is 8.17. The average molecular weight is 478 g/mol. The van der Waals surface area contributed by atoms with Crippen molar-refractivity contribution in [1.29, 1.82) is 0 Å². The number of nitrogens with zero attached hydrogens (tertiary/aromatic N) is 1. The van der Waals surface area contributed by atoms with Gasteiger partial charge in [0.25, 0.3) is 5.91 Å². The van der Waals surface area contributed by atoms with Gasteiger partial charge in [-0.3, -0.25) is 9.59 Å². The smallest absolute Gasteiger partial charge is 0.251 e. The number of thiazole rings is 1. The van der Waals surface area contributed by atoms with Gasteiger partial charge in [-0.2, -0.15) is 0 Å². The van der Waals surface area contributed by atoms with Gasteiger partial charge in [0, 0.05) is 22.9 Å². The van der Waals surface area contributed by atoms with E-state index in [0.29, 0.717) is 17.1 Å². The zero-order valence-electron chi connectivity index (χ0n) is 18.8. The van der Waals surface area contributed by atoms with Crippen LogP contribution in [0.5, 0.6) is 0 Å². The maximum Gasteiger partial charge on any atom is 0.251 e. The van der Waals surface area contributed by atoms with Crippen LogP contribution in [0.25, 0.3) is 22.0 Å². The van der Waals surface area contributed by atoms with E-state index in [1.807, 2.05) is 60.0 Å². The van der Waals surface area contributed by atoms with Gasteiger partial charge in [-0.1, -0.05) is 84.9 Å². The summed E-state index contributed by atoms with van der Waals surface area (Å²) in [5, 5.41) is 10.5. The summed E-state index contributed by atoms with van der Waals surface area (Å²) < 4.78 is 0. The van der Waals surface area contributed by atoms with E-state index in [-0.39, 0.29) is 11.8 Å². The molecular formula is C29H23N3O2S. The molecule has 2 amide bonds. The molecule has 5 nitrogen and oxygen atoms in total. The molecule has 1 heterocycles. The van der Waals surface area contributed by atoms with Crippen molar-refractivity contribution in [2.24, 2.45) is 0 Å².